The second-order valence-electron chi connectivity index (χ2n) is 8.05. The number of nitrogens with one attached hydrogen (secondary N) is 1. The van der Waals surface area contributed by atoms with Crippen molar-refractivity contribution in [3.63, 3.8) is 0 Å². The Morgan fingerprint density at radius 1 is 1.00 bits per heavy atom. The molecule has 2 aromatic carbocycles. The van der Waals surface area contributed by atoms with Crippen LogP contribution in [0.3, 0.4) is 0 Å². The number of aromatic amines is 1. The number of rotatable bonds is 3. The Morgan fingerprint density at radius 2 is 1.73 bits per heavy atom. The summed E-state index contributed by atoms with van der Waals surface area (Å²) in [6.45, 7) is 3.69. The van der Waals surface area contributed by atoms with Crippen molar-refractivity contribution in [3.8, 4) is 0 Å². The molecule has 0 spiro atoms. The lowest BCUT2D eigenvalue weighted by Gasteiger charge is -2.33. The Balaban J connectivity index is 1.21. The van der Waals surface area contributed by atoms with Crippen LogP contribution in [0.25, 0.3) is 10.9 Å². The van der Waals surface area contributed by atoms with Crippen molar-refractivity contribution in [2.75, 3.05) is 19.6 Å². The molecule has 3 aromatic rings. The molecule has 0 amide bonds. The molecule has 0 radical (unpaired) electrons. The van der Waals surface area contributed by atoms with E-state index < -0.39 is 0 Å². The zero-order chi connectivity index (χ0) is 17.5. The lowest BCUT2D eigenvalue weighted by atomic mass is 9.88. The van der Waals surface area contributed by atoms with Gasteiger partial charge in [-0.15, -0.1) is 0 Å². The molecule has 0 unspecified atom stereocenters. The summed E-state index contributed by atoms with van der Waals surface area (Å²) in [5, 5.41) is 2.15. The molecular formula is C23H25ClN2. The van der Waals surface area contributed by atoms with E-state index in [9.17, 15) is 0 Å². The maximum atomic E-state index is 6.12. The van der Waals surface area contributed by atoms with Gasteiger partial charge in [0.05, 0.1) is 0 Å². The first kappa shape index (κ1) is 16.4. The van der Waals surface area contributed by atoms with E-state index in [4.69, 9.17) is 11.6 Å². The highest BCUT2D eigenvalue weighted by Crippen LogP contribution is 2.35. The van der Waals surface area contributed by atoms with Crippen LogP contribution in [0.5, 0.6) is 0 Å². The molecule has 134 valence electrons. The van der Waals surface area contributed by atoms with E-state index in [1.165, 1.54) is 61.8 Å². The third-order valence-corrected chi connectivity index (χ3v) is 6.59. The molecule has 2 heterocycles. The maximum absolute atomic E-state index is 6.12. The second-order valence-corrected chi connectivity index (χ2v) is 8.49. The molecule has 0 bridgehead atoms. The Hall–Kier alpha value is -1.77. The van der Waals surface area contributed by atoms with Gasteiger partial charge in [-0.05, 0) is 79.4 Å². The quantitative estimate of drug-likeness (QED) is 0.657. The van der Waals surface area contributed by atoms with Crippen molar-refractivity contribution < 1.29 is 0 Å². The number of hydrogen-bond acceptors (Lipinski definition) is 1. The Morgan fingerprint density at radius 3 is 2.46 bits per heavy atom. The number of likely N-dealkylation sites (tertiary alicyclic amines) is 1. The molecule has 1 aliphatic heterocycles. The third kappa shape index (κ3) is 3.06. The number of aromatic nitrogens is 1. The summed E-state index contributed by atoms with van der Waals surface area (Å²) in [5.74, 6) is 1.47. The maximum Gasteiger partial charge on any atom is 0.0471 e. The Kier molecular flexibility index (Phi) is 4.26. The Bertz CT molecular complexity index is 896. The first-order chi connectivity index (χ1) is 12.8. The van der Waals surface area contributed by atoms with Gasteiger partial charge in [0.15, 0.2) is 0 Å². The van der Waals surface area contributed by atoms with Crippen LogP contribution in [0, 0.1) is 5.92 Å². The van der Waals surface area contributed by atoms with Crippen LogP contribution < -0.4 is 0 Å². The summed E-state index contributed by atoms with van der Waals surface area (Å²) in [7, 11) is 0. The highest BCUT2D eigenvalue weighted by Gasteiger charge is 2.27. The van der Waals surface area contributed by atoms with Crippen LogP contribution in [-0.4, -0.2) is 29.5 Å². The largest absolute Gasteiger partial charge is 0.361 e. The lowest BCUT2D eigenvalue weighted by molar-refractivity contribution is 0.185. The lowest BCUT2D eigenvalue weighted by Crippen LogP contribution is -2.36. The zero-order valence-corrected chi connectivity index (χ0v) is 15.8. The molecular weight excluding hydrogens is 340 g/mol. The van der Waals surface area contributed by atoms with Crippen molar-refractivity contribution in [2.45, 2.75) is 31.6 Å². The van der Waals surface area contributed by atoms with Gasteiger partial charge < -0.3 is 9.88 Å². The molecule has 1 saturated heterocycles. The molecule has 1 aromatic heterocycles. The number of H-pyrrole nitrogens is 1. The van der Waals surface area contributed by atoms with Gasteiger partial charge in [0.1, 0.15) is 0 Å². The van der Waals surface area contributed by atoms with Crippen LogP contribution in [0.2, 0.25) is 5.02 Å². The van der Waals surface area contributed by atoms with Gasteiger partial charge in [-0.3, -0.25) is 0 Å². The number of fused-ring (bicyclic) bond motifs is 2. The van der Waals surface area contributed by atoms with Gasteiger partial charge >= 0.3 is 0 Å². The molecule has 26 heavy (non-hydrogen) atoms. The van der Waals surface area contributed by atoms with E-state index in [1.54, 1.807) is 11.1 Å². The summed E-state index contributed by atoms with van der Waals surface area (Å²) < 4.78 is 0. The molecule has 2 aliphatic rings. The van der Waals surface area contributed by atoms with Gasteiger partial charge in [-0.25, -0.2) is 0 Å². The first-order valence-electron chi connectivity index (χ1n) is 9.82. The fourth-order valence-corrected chi connectivity index (χ4v) is 5.20. The number of benzene rings is 2. The summed E-state index contributed by atoms with van der Waals surface area (Å²) in [6.07, 6.45) is 7.25. The standard InChI is InChI=1S/C23H25ClN2/c24-20-5-6-21-22(14-25-23(21)13-20)17-7-9-26(10-8-17)15-16-11-18-3-1-2-4-19(18)12-16/h1-6,13-14,16-17,25H,7-12,15H2. The number of nitrogens with zero attached hydrogens (tertiary/aromatic N) is 1. The average Bonchev–Trinajstić information content (AvgIpc) is 3.25. The van der Waals surface area contributed by atoms with Crippen LogP contribution >= 0.6 is 11.6 Å². The number of piperidine rings is 1. The zero-order valence-electron chi connectivity index (χ0n) is 15.0. The van der Waals surface area contributed by atoms with Crippen molar-refractivity contribution in [1.82, 2.24) is 9.88 Å². The van der Waals surface area contributed by atoms with Gasteiger partial charge in [-0.2, -0.15) is 0 Å². The van der Waals surface area contributed by atoms with Crippen molar-refractivity contribution in [3.05, 3.63) is 70.4 Å². The topological polar surface area (TPSA) is 19.0 Å². The summed E-state index contributed by atoms with van der Waals surface area (Å²) in [6, 6.07) is 15.2. The van der Waals surface area contributed by atoms with E-state index in [0.717, 1.165) is 10.9 Å². The third-order valence-electron chi connectivity index (χ3n) is 6.36. The smallest absolute Gasteiger partial charge is 0.0471 e. The van der Waals surface area contributed by atoms with Crippen LogP contribution in [-0.2, 0) is 12.8 Å². The van der Waals surface area contributed by atoms with Crippen molar-refractivity contribution in [1.29, 1.82) is 0 Å². The number of halogens is 1. The fourth-order valence-electron chi connectivity index (χ4n) is 5.03. The average molecular weight is 365 g/mol. The minimum absolute atomic E-state index is 0.668. The van der Waals surface area contributed by atoms with Crippen molar-refractivity contribution in [2.24, 2.45) is 5.92 Å². The molecule has 1 fully saturated rings. The SMILES string of the molecule is Clc1ccc2c(C3CCN(CC4Cc5ccccc5C4)CC3)c[nH]c2c1. The van der Waals surface area contributed by atoms with Gasteiger partial charge in [-0.1, -0.05) is 41.9 Å². The molecule has 2 nitrogen and oxygen atoms in total. The molecule has 0 saturated carbocycles. The fraction of sp³-hybridized carbons (Fsp3) is 0.391. The van der Waals surface area contributed by atoms with E-state index in [-0.39, 0.29) is 0 Å². The highest BCUT2D eigenvalue weighted by atomic mass is 35.5. The highest BCUT2D eigenvalue weighted by molar-refractivity contribution is 6.31. The predicted molar refractivity (Wildman–Crippen MR) is 109 cm³/mol. The van der Waals surface area contributed by atoms with E-state index in [1.807, 2.05) is 12.1 Å². The van der Waals surface area contributed by atoms with E-state index in [2.05, 4.69) is 46.4 Å². The van der Waals surface area contributed by atoms with E-state index >= 15 is 0 Å². The van der Waals surface area contributed by atoms with Crippen molar-refractivity contribution >= 4 is 22.5 Å². The normalized spacial score (nSPS) is 19.3. The molecule has 3 heteroatoms. The first-order valence-corrected chi connectivity index (χ1v) is 10.2. The predicted octanol–water partition coefficient (Wildman–Crippen LogP) is 5.42. The minimum atomic E-state index is 0.668. The second kappa shape index (κ2) is 6.75. The molecule has 0 atom stereocenters. The van der Waals surface area contributed by atoms with Crippen LogP contribution in [0.4, 0.5) is 0 Å². The monoisotopic (exact) mass is 364 g/mol. The summed E-state index contributed by atoms with van der Waals surface area (Å²) >= 11 is 6.12. The number of hydrogen-bond donors (Lipinski definition) is 1. The van der Waals surface area contributed by atoms with Crippen LogP contribution in [0.15, 0.2) is 48.7 Å². The molecule has 1 N–H and O–H groups in total. The molecule has 1 aliphatic carbocycles. The minimum Gasteiger partial charge on any atom is -0.361 e. The van der Waals surface area contributed by atoms with Crippen LogP contribution in [0.1, 0.15) is 35.4 Å². The summed E-state index contributed by atoms with van der Waals surface area (Å²) in [5.41, 5.74) is 5.79. The molecule has 5 rings (SSSR count). The summed E-state index contributed by atoms with van der Waals surface area (Å²) in [4.78, 5) is 6.10. The Labute approximate surface area is 160 Å². The van der Waals surface area contributed by atoms with E-state index in [0.29, 0.717) is 5.92 Å². The van der Waals surface area contributed by atoms with Gasteiger partial charge in [0.2, 0.25) is 0 Å². The van der Waals surface area contributed by atoms with Gasteiger partial charge in [0.25, 0.3) is 0 Å². The van der Waals surface area contributed by atoms with Gasteiger partial charge in [0, 0.05) is 28.7 Å².